The molecule has 6 N–H and O–H groups in total. The molecule has 0 bridgehead atoms. The maximum Gasteiger partial charge on any atom is 0.315 e. The molecule has 2 amide bonds. The van der Waals surface area contributed by atoms with Crippen LogP contribution in [0.15, 0.2) is 0 Å². The molecular weight excluding hydrogens is 316 g/mol. The zero-order valence-electron chi connectivity index (χ0n) is 13.5. The SMILES string of the molecule is NCCCCC(N)OC(=O)CCCC[C@@H]1SC[C@@H]2NC(=O)N[C@@H]21. The van der Waals surface area contributed by atoms with Crippen LogP contribution < -0.4 is 22.1 Å². The zero-order chi connectivity index (χ0) is 16.7. The van der Waals surface area contributed by atoms with E-state index >= 15 is 0 Å². The molecule has 23 heavy (non-hydrogen) atoms. The van der Waals surface area contributed by atoms with E-state index < -0.39 is 6.23 Å². The molecule has 7 nitrogen and oxygen atoms in total. The van der Waals surface area contributed by atoms with Gasteiger partial charge in [0, 0.05) is 17.4 Å². The molecule has 0 spiro atoms. The number of carbonyl (C=O) groups excluding carboxylic acids is 2. The van der Waals surface area contributed by atoms with Gasteiger partial charge in [-0.2, -0.15) is 11.8 Å². The monoisotopic (exact) mass is 344 g/mol. The van der Waals surface area contributed by atoms with Crippen molar-refractivity contribution in [1.29, 1.82) is 0 Å². The third kappa shape index (κ3) is 5.86. The highest BCUT2D eigenvalue weighted by atomic mass is 32.2. The summed E-state index contributed by atoms with van der Waals surface area (Å²) in [6, 6.07) is 0.432. The molecule has 0 aliphatic carbocycles. The third-order valence-corrected chi connectivity index (χ3v) is 5.79. The van der Waals surface area contributed by atoms with Crippen molar-refractivity contribution in [2.75, 3.05) is 12.3 Å². The van der Waals surface area contributed by atoms with Gasteiger partial charge in [-0.15, -0.1) is 0 Å². The molecule has 0 aromatic carbocycles. The summed E-state index contributed by atoms with van der Waals surface area (Å²) in [5.41, 5.74) is 11.2. The smallest absolute Gasteiger partial charge is 0.315 e. The summed E-state index contributed by atoms with van der Waals surface area (Å²) < 4.78 is 5.18. The first-order valence-corrected chi connectivity index (χ1v) is 9.49. The number of hydrogen-bond donors (Lipinski definition) is 4. The van der Waals surface area contributed by atoms with Gasteiger partial charge in [-0.1, -0.05) is 6.42 Å². The van der Waals surface area contributed by atoms with Gasteiger partial charge in [0.05, 0.1) is 12.1 Å². The second-order valence-corrected chi connectivity index (χ2v) is 7.45. The zero-order valence-corrected chi connectivity index (χ0v) is 14.3. The van der Waals surface area contributed by atoms with Crippen LogP contribution >= 0.6 is 11.8 Å². The maximum absolute atomic E-state index is 11.7. The molecule has 8 heteroatoms. The minimum Gasteiger partial charge on any atom is -0.447 e. The summed E-state index contributed by atoms with van der Waals surface area (Å²) in [6.45, 7) is 0.637. The number of thioether (sulfide) groups is 1. The van der Waals surface area contributed by atoms with Crippen molar-refractivity contribution in [2.24, 2.45) is 11.5 Å². The highest BCUT2D eigenvalue weighted by Gasteiger charge is 2.42. The van der Waals surface area contributed by atoms with E-state index in [1.807, 2.05) is 11.8 Å². The van der Waals surface area contributed by atoms with Gasteiger partial charge in [0.15, 0.2) is 6.23 Å². The van der Waals surface area contributed by atoms with Crippen LogP contribution in [0.1, 0.15) is 44.9 Å². The summed E-state index contributed by atoms with van der Waals surface area (Å²) in [5, 5.41) is 6.35. The molecule has 2 aliphatic heterocycles. The Morgan fingerprint density at radius 3 is 2.91 bits per heavy atom. The highest BCUT2D eigenvalue weighted by Crippen LogP contribution is 2.33. The second kappa shape index (κ2) is 9.34. The van der Waals surface area contributed by atoms with E-state index in [9.17, 15) is 9.59 Å². The first-order chi connectivity index (χ1) is 11.1. The Balaban J connectivity index is 1.53. The van der Waals surface area contributed by atoms with Crippen LogP contribution in [0.5, 0.6) is 0 Å². The van der Waals surface area contributed by atoms with Gasteiger partial charge in [0.2, 0.25) is 0 Å². The van der Waals surface area contributed by atoms with Crippen LogP contribution in [-0.4, -0.2) is 47.9 Å². The van der Waals surface area contributed by atoms with Gasteiger partial charge in [0.1, 0.15) is 0 Å². The number of urea groups is 1. The van der Waals surface area contributed by atoms with Crippen LogP contribution in [0, 0.1) is 0 Å². The van der Waals surface area contributed by atoms with Crippen LogP contribution in [-0.2, 0) is 9.53 Å². The topological polar surface area (TPSA) is 119 Å². The van der Waals surface area contributed by atoms with Crippen LogP contribution in [0.2, 0.25) is 0 Å². The first kappa shape index (κ1) is 18.4. The lowest BCUT2D eigenvalue weighted by molar-refractivity contribution is -0.149. The van der Waals surface area contributed by atoms with Crippen molar-refractivity contribution in [3.8, 4) is 0 Å². The number of nitrogens with one attached hydrogen (secondary N) is 2. The number of fused-ring (bicyclic) bond motifs is 1. The normalized spacial score (nSPS) is 27.2. The quantitative estimate of drug-likeness (QED) is 0.200. The Hall–Kier alpha value is -0.990. The Morgan fingerprint density at radius 2 is 2.13 bits per heavy atom. The summed E-state index contributed by atoms with van der Waals surface area (Å²) in [6.07, 6.45) is 5.09. The predicted octanol–water partition coefficient (Wildman–Crippen LogP) is 0.669. The summed E-state index contributed by atoms with van der Waals surface area (Å²) in [5.74, 6) is 0.742. The lowest BCUT2D eigenvalue weighted by atomic mass is 10.0. The number of unbranched alkanes of at least 4 members (excludes halogenated alkanes) is 2. The molecule has 2 rings (SSSR count). The maximum atomic E-state index is 11.7. The number of esters is 1. The van der Waals surface area contributed by atoms with Crippen molar-refractivity contribution < 1.29 is 14.3 Å². The predicted molar refractivity (Wildman–Crippen MR) is 90.9 cm³/mol. The third-order valence-electron chi connectivity index (χ3n) is 4.28. The van der Waals surface area contributed by atoms with Crippen molar-refractivity contribution in [2.45, 2.75) is 68.5 Å². The molecule has 1 unspecified atom stereocenters. The summed E-state index contributed by atoms with van der Waals surface area (Å²) in [7, 11) is 0. The number of nitrogens with two attached hydrogens (primary N) is 2. The van der Waals surface area contributed by atoms with E-state index in [0.717, 1.165) is 37.9 Å². The van der Waals surface area contributed by atoms with Crippen LogP contribution in [0.4, 0.5) is 4.79 Å². The number of carbonyl (C=O) groups is 2. The average molecular weight is 344 g/mol. The van der Waals surface area contributed by atoms with E-state index in [0.29, 0.717) is 24.6 Å². The fourth-order valence-corrected chi connectivity index (χ4v) is 4.58. The van der Waals surface area contributed by atoms with Crippen LogP contribution in [0.25, 0.3) is 0 Å². The van der Waals surface area contributed by atoms with Crippen molar-refractivity contribution in [3.63, 3.8) is 0 Å². The Bertz CT molecular complexity index is 410. The number of ether oxygens (including phenoxy) is 1. The minimum absolute atomic E-state index is 0.0579. The molecule has 4 atom stereocenters. The fourth-order valence-electron chi connectivity index (χ4n) is 3.03. The summed E-state index contributed by atoms with van der Waals surface area (Å²) >= 11 is 1.89. The van der Waals surface area contributed by atoms with Crippen molar-refractivity contribution in [3.05, 3.63) is 0 Å². The highest BCUT2D eigenvalue weighted by molar-refractivity contribution is 8.00. The van der Waals surface area contributed by atoms with E-state index in [1.54, 1.807) is 0 Å². The Morgan fingerprint density at radius 1 is 1.30 bits per heavy atom. The molecule has 0 aromatic rings. The molecular formula is C15H28N4O3S. The van der Waals surface area contributed by atoms with Crippen molar-refractivity contribution in [1.82, 2.24) is 10.6 Å². The molecule has 132 valence electrons. The Labute approximate surface area is 141 Å². The fraction of sp³-hybridized carbons (Fsp3) is 0.867. The molecule has 0 aromatic heterocycles. The second-order valence-electron chi connectivity index (χ2n) is 6.18. The molecule has 2 heterocycles. The van der Waals surface area contributed by atoms with Crippen molar-refractivity contribution >= 4 is 23.8 Å². The molecule has 2 saturated heterocycles. The van der Waals surface area contributed by atoms with E-state index in [1.165, 1.54) is 0 Å². The lowest BCUT2D eigenvalue weighted by Crippen LogP contribution is -2.36. The van der Waals surface area contributed by atoms with Crippen LogP contribution in [0.3, 0.4) is 0 Å². The number of rotatable bonds is 10. The van der Waals surface area contributed by atoms with E-state index in [4.69, 9.17) is 16.2 Å². The minimum atomic E-state index is -0.514. The number of amides is 2. The van der Waals surface area contributed by atoms with Gasteiger partial charge in [-0.3, -0.25) is 10.5 Å². The number of hydrogen-bond acceptors (Lipinski definition) is 6. The molecule has 2 aliphatic rings. The molecule has 2 fully saturated rings. The first-order valence-electron chi connectivity index (χ1n) is 8.44. The Kier molecular flexibility index (Phi) is 7.45. The standard InChI is InChI=1S/C15H28N4O3S/c16-8-4-3-6-12(17)22-13(20)7-2-1-5-11-14-10(9-23-11)18-15(21)19-14/h10-12,14H,1-9,16-17H2,(H2,18,19,21)/t10-,11-,12?,14-/m0/s1. The van der Waals surface area contributed by atoms with Gasteiger partial charge < -0.3 is 21.1 Å². The molecule has 0 radical (unpaired) electrons. The van der Waals surface area contributed by atoms with Gasteiger partial charge in [0.25, 0.3) is 0 Å². The lowest BCUT2D eigenvalue weighted by Gasteiger charge is -2.16. The van der Waals surface area contributed by atoms with E-state index in [-0.39, 0.29) is 24.1 Å². The largest absolute Gasteiger partial charge is 0.447 e. The van der Waals surface area contributed by atoms with Gasteiger partial charge >= 0.3 is 12.0 Å². The van der Waals surface area contributed by atoms with Gasteiger partial charge in [-0.25, -0.2) is 4.79 Å². The van der Waals surface area contributed by atoms with E-state index in [2.05, 4.69) is 10.6 Å². The van der Waals surface area contributed by atoms with Gasteiger partial charge in [-0.05, 0) is 38.6 Å². The molecule has 0 saturated carbocycles. The average Bonchev–Trinajstić information content (AvgIpc) is 3.03. The summed E-state index contributed by atoms with van der Waals surface area (Å²) in [4.78, 5) is 23.0.